The monoisotopic (exact) mass is 408 g/mol. The first-order valence-electron chi connectivity index (χ1n) is 7.39. The fraction of sp³-hybridized carbons (Fsp3) is 0.600. The van der Waals surface area contributed by atoms with Gasteiger partial charge in [-0.3, -0.25) is 0 Å². The Kier molecular flexibility index (Phi) is 8.49. The molecule has 0 spiro atoms. The summed E-state index contributed by atoms with van der Waals surface area (Å²) in [7, 11) is 1.89. The van der Waals surface area contributed by atoms with E-state index in [0.717, 1.165) is 13.0 Å². The summed E-state index contributed by atoms with van der Waals surface area (Å²) in [6.45, 7) is 3.53. The Morgan fingerprint density at radius 3 is 2.57 bits per heavy atom. The summed E-state index contributed by atoms with van der Waals surface area (Å²) in [5.74, 6) is 0.585. The number of rotatable bonds is 10. The summed E-state index contributed by atoms with van der Waals surface area (Å²) >= 11 is 3.30. The van der Waals surface area contributed by atoms with Crippen LogP contribution in [0.1, 0.15) is 13.3 Å². The van der Waals surface area contributed by atoms with Crippen molar-refractivity contribution < 1.29 is 17.9 Å². The molecule has 23 heavy (non-hydrogen) atoms. The van der Waals surface area contributed by atoms with Crippen LogP contribution in [0.5, 0.6) is 5.75 Å². The molecule has 0 heterocycles. The number of halogens is 1. The van der Waals surface area contributed by atoms with Crippen molar-refractivity contribution in [2.24, 2.45) is 0 Å². The van der Waals surface area contributed by atoms with Gasteiger partial charge in [0, 0.05) is 19.7 Å². The van der Waals surface area contributed by atoms with E-state index in [9.17, 15) is 8.42 Å². The predicted molar refractivity (Wildman–Crippen MR) is 94.5 cm³/mol. The first-order chi connectivity index (χ1) is 10.8. The Bertz CT molecular complexity index is 593. The normalized spacial score (nSPS) is 13.3. The van der Waals surface area contributed by atoms with Gasteiger partial charge in [0.15, 0.2) is 0 Å². The Morgan fingerprint density at radius 1 is 1.35 bits per heavy atom. The highest BCUT2D eigenvalue weighted by molar-refractivity contribution is 9.10. The number of hydrogen-bond acceptors (Lipinski definition) is 5. The second-order valence-electron chi connectivity index (χ2n) is 5.32. The Hall–Kier alpha value is -0.670. The van der Waals surface area contributed by atoms with Gasteiger partial charge in [-0.2, -0.15) is 0 Å². The third-order valence-electron chi connectivity index (χ3n) is 3.24. The molecule has 1 unspecified atom stereocenters. The van der Waals surface area contributed by atoms with Gasteiger partial charge in [-0.1, -0.05) is 0 Å². The van der Waals surface area contributed by atoms with Crippen LogP contribution >= 0.6 is 15.9 Å². The molecule has 1 atom stereocenters. The molecule has 0 aliphatic carbocycles. The molecule has 0 amide bonds. The predicted octanol–water partition coefficient (Wildman–Crippen LogP) is 2.09. The van der Waals surface area contributed by atoms with Gasteiger partial charge in [-0.25, -0.2) is 13.1 Å². The minimum absolute atomic E-state index is 0.154. The zero-order valence-electron chi connectivity index (χ0n) is 14.0. The molecule has 0 bridgehead atoms. The van der Waals surface area contributed by atoms with Crippen molar-refractivity contribution in [2.75, 3.05) is 40.9 Å². The number of hydrogen-bond donors (Lipinski definition) is 1. The SMILES string of the molecule is CCOC(CCN(C)C)CNS(=O)(=O)c1ccc(OC)c(Br)c1. The topological polar surface area (TPSA) is 67.9 Å². The summed E-state index contributed by atoms with van der Waals surface area (Å²) < 4.78 is 38.7. The van der Waals surface area contributed by atoms with Crippen molar-refractivity contribution >= 4 is 26.0 Å². The van der Waals surface area contributed by atoms with Gasteiger partial charge < -0.3 is 14.4 Å². The van der Waals surface area contributed by atoms with Gasteiger partial charge in [-0.05, 0) is 61.6 Å². The van der Waals surface area contributed by atoms with Crippen molar-refractivity contribution in [1.29, 1.82) is 0 Å². The zero-order valence-corrected chi connectivity index (χ0v) is 16.4. The molecule has 0 saturated carbocycles. The average Bonchev–Trinajstić information content (AvgIpc) is 2.49. The number of nitrogens with zero attached hydrogens (tertiary/aromatic N) is 1. The van der Waals surface area contributed by atoms with Crippen LogP contribution in [-0.2, 0) is 14.8 Å². The maximum absolute atomic E-state index is 12.4. The lowest BCUT2D eigenvalue weighted by Gasteiger charge is -2.20. The van der Waals surface area contributed by atoms with Crippen LogP contribution in [0, 0.1) is 0 Å². The Labute approximate surface area is 147 Å². The first kappa shape index (κ1) is 20.4. The molecule has 6 nitrogen and oxygen atoms in total. The molecule has 0 aliphatic rings. The molecule has 1 aromatic rings. The van der Waals surface area contributed by atoms with Gasteiger partial charge in [0.2, 0.25) is 10.0 Å². The molecular weight excluding hydrogens is 384 g/mol. The zero-order chi connectivity index (χ0) is 17.5. The number of sulfonamides is 1. The number of methoxy groups -OCH3 is 1. The van der Waals surface area contributed by atoms with Crippen LogP contribution in [0.2, 0.25) is 0 Å². The van der Waals surface area contributed by atoms with Crippen molar-refractivity contribution in [3.05, 3.63) is 22.7 Å². The highest BCUT2D eigenvalue weighted by Crippen LogP contribution is 2.27. The summed E-state index contributed by atoms with van der Waals surface area (Å²) in [6.07, 6.45) is 0.606. The number of ether oxygens (including phenoxy) is 2. The van der Waals surface area contributed by atoms with Gasteiger partial charge in [-0.15, -0.1) is 0 Å². The standard InChI is InChI=1S/C15H25BrN2O4S/c1-5-22-12(8-9-18(2)3)11-17-23(19,20)13-6-7-15(21-4)14(16)10-13/h6-7,10,12,17H,5,8-9,11H2,1-4H3. The van der Waals surface area contributed by atoms with Crippen molar-refractivity contribution in [3.8, 4) is 5.75 Å². The molecule has 0 radical (unpaired) electrons. The molecular formula is C15H25BrN2O4S. The lowest BCUT2D eigenvalue weighted by atomic mass is 10.2. The molecule has 1 N–H and O–H groups in total. The second-order valence-corrected chi connectivity index (χ2v) is 7.94. The summed E-state index contributed by atoms with van der Waals surface area (Å²) in [4.78, 5) is 2.23. The number of benzene rings is 1. The average molecular weight is 409 g/mol. The Balaban J connectivity index is 2.74. The molecule has 0 aromatic heterocycles. The van der Waals surface area contributed by atoms with Gasteiger partial charge in [0.25, 0.3) is 0 Å². The van der Waals surface area contributed by atoms with Crippen LogP contribution in [-0.4, -0.2) is 60.3 Å². The molecule has 0 fully saturated rings. The largest absolute Gasteiger partial charge is 0.496 e. The van der Waals surface area contributed by atoms with Gasteiger partial charge in [0.05, 0.1) is 22.6 Å². The van der Waals surface area contributed by atoms with E-state index < -0.39 is 10.0 Å². The maximum atomic E-state index is 12.4. The summed E-state index contributed by atoms with van der Waals surface area (Å²) in [5, 5.41) is 0. The van der Waals surface area contributed by atoms with E-state index in [-0.39, 0.29) is 17.5 Å². The van der Waals surface area contributed by atoms with Gasteiger partial charge in [0.1, 0.15) is 5.75 Å². The minimum Gasteiger partial charge on any atom is -0.496 e. The second kappa shape index (κ2) is 9.58. The highest BCUT2D eigenvalue weighted by Gasteiger charge is 2.18. The fourth-order valence-electron chi connectivity index (χ4n) is 1.98. The van der Waals surface area contributed by atoms with E-state index in [4.69, 9.17) is 9.47 Å². The van der Waals surface area contributed by atoms with Crippen LogP contribution in [0.25, 0.3) is 0 Å². The first-order valence-corrected chi connectivity index (χ1v) is 9.67. The molecule has 1 rings (SSSR count). The third kappa shape index (κ3) is 6.76. The molecule has 132 valence electrons. The van der Waals surface area contributed by atoms with E-state index in [2.05, 4.69) is 20.7 Å². The minimum atomic E-state index is -3.59. The van der Waals surface area contributed by atoms with Crippen molar-refractivity contribution in [3.63, 3.8) is 0 Å². The van der Waals surface area contributed by atoms with Crippen LogP contribution < -0.4 is 9.46 Å². The van der Waals surface area contributed by atoms with Crippen LogP contribution in [0.4, 0.5) is 0 Å². The van der Waals surface area contributed by atoms with Crippen LogP contribution in [0.15, 0.2) is 27.6 Å². The van der Waals surface area contributed by atoms with E-state index in [0.29, 0.717) is 16.8 Å². The maximum Gasteiger partial charge on any atom is 0.240 e. The van der Waals surface area contributed by atoms with Crippen molar-refractivity contribution in [1.82, 2.24) is 9.62 Å². The van der Waals surface area contributed by atoms with Crippen molar-refractivity contribution in [2.45, 2.75) is 24.3 Å². The van der Waals surface area contributed by atoms with E-state index in [1.54, 1.807) is 6.07 Å². The lowest BCUT2D eigenvalue weighted by molar-refractivity contribution is 0.0555. The van der Waals surface area contributed by atoms with E-state index in [1.807, 2.05) is 25.9 Å². The molecule has 0 aliphatic heterocycles. The van der Waals surface area contributed by atoms with Gasteiger partial charge >= 0.3 is 0 Å². The highest BCUT2D eigenvalue weighted by atomic mass is 79.9. The molecule has 1 aromatic carbocycles. The summed E-state index contributed by atoms with van der Waals surface area (Å²) in [6, 6.07) is 4.66. The third-order valence-corrected chi connectivity index (χ3v) is 5.28. The smallest absolute Gasteiger partial charge is 0.240 e. The fourth-order valence-corrected chi connectivity index (χ4v) is 3.77. The number of nitrogens with one attached hydrogen (secondary N) is 1. The molecule has 8 heteroatoms. The lowest BCUT2D eigenvalue weighted by Crippen LogP contribution is -2.35. The Morgan fingerprint density at radius 2 is 2.04 bits per heavy atom. The van der Waals surface area contributed by atoms with E-state index in [1.165, 1.54) is 19.2 Å². The summed E-state index contributed by atoms with van der Waals surface area (Å²) in [5.41, 5.74) is 0. The quantitative estimate of drug-likeness (QED) is 0.641. The van der Waals surface area contributed by atoms with Crippen LogP contribution in [0.3, 0.4) is 0 Å². The van der Waals surface area contributed by atoms with E-state index >= 15 is 0 Å². The molecule has 0 saturated heterocycles.